The van der Waals surface area contributed by atoms with Crippen molar-refractivity contribution in [3.8, 4) is 23.3 Å². The van der Waals surface area contributed by atoms with Crippen LogP contribution < -0.4 is 21.3 Å². The summed E-state index contributed by atoms with van der Waals surface area (Å²) in [4.78, 5) is 26.3. The second-order valence-corrected chi connectivity index (χ2v) is 7.90. The van der Waals surface area contributed by atoms with Crippen LogP contribution in [-0.2, 0) is 4.79 Å². The number of benzene rings is 2. The lowest BCUT2D eigenvalue weighted by molar-refractivity contribution is -0.124. The molecule has 0 saturated carbocycles. The van der Waals surface area contributed by atoms with Gasteiger partial charge in [-0.3, -0.25) is 9.59 Å². The lowest BCUT2D eigenvalue weighted by atomic mass is 9.96. The van der Waals surface area contributed by atoms with E-state index in [9.17, 15) is 14.0 Å². The molecule has 2 heterocycles. The fraction of sp³-hybridized carbons (Fsp3) is 0.200. The smallest absolute Gasteiger partial charge is 0.298 e. The summed E-state index contributed by atoms with van der Waals surface area (Å²) in [6, 6.07) is 12.7. The second kappa shape index (κ2) is 10.1. The summed E-state index contributed by atoms with van der Waals surface area (Å²) in [5.41, 5.74) is 6.35. The minimum atomic E-state index is -0.565. The van der Waals surface area contributed by atoms with Crippen molar-refractivity contribution in [1.29, 1.82) is 5.41 Å². The normalized spacial score (nSPS) is 14.7. The maximum atomic E-state index is 13.8. The molecular formula is C25H23FN6O3. The average molecular weight is 474 g/mol. The number of rotatable bonds is 6. The van der Waals surface area contributed by atoms with Crippen LogP contribution in [0.15, 0.2) is 53.3 Å². The first kappa shape index (κ1) is 23.5. The van der Waals surface area contributed by atoms with Crippen LogP contribution in [0.25, 0.3) is 0 Å². The number of likely N-dealkylation sites (tertiary alicyclic amines) is 1. The Hall–Kier alpha value is -4.65. The number of anilines is 3. The molecular weight excluding hydrogens is 451 g/mol. The van der Waals surface area contributed by atoms with Gasteiger partial charge in [0.05, 0.1) is 17.0 Å². The Morgan fingerprint density at radius 3 is 2.74 bits per heavy atom. The van der Waals surface area contributed by atoms with Gasteiger partial charge in [-0.2, -0.15) is 5.10 Å². The Bertz CT molecular complexity index is 1390. The first-order valence-corrected chi connectivity index (χ1v) is 10.9. The van der Waals surface area contributed by atoms with Crippen molar-refractivity contribution in [2.75, 3.05) is 24.1 Å². The topological polar surface area (TPSA) is 137 Å². The zero-order chi connectivity index (χ0) is 24.9. The number of carbonyl (C=O) groups is 1. The third-order valence-electron chi connectivity index (χ3n) is 5.58. The molecule has 0 radical (unpaired) electrons. The molecule has 1 aliphatic heterocycles. The highest BCUT2D eigenvalue weighted by Gasteiger charge is 2.31. The summed E-state index contributed by atoms with van der Waals surface area (Å²) in [6.45, 7) is 2.32. The van der Waals surface area contributed by atoms with Crippen LogP contribution in [0.2, 0.25) is 0 Å². The molecule has 1 atom stereocenters. The van der Waals surface area contributed by atoms with Gasteiger partial charge in [0.2, 0.25) is 0 Å². The summed E-state index contributed by atoms with van der Waals surface area (Å²) in [6.07, 6.45) is 0.527. The number of nitrogen functional groups attached to an aromatic ring is 1. The highest BCUT2D eigenvalue weighted by molar-refractivity contribution is 6.07. The van der Waals surface area contributed by atoms with Gasteiger partial charge in [-0.25, -0.2) is 9.49 Å². The molecule has 1 amide bonds. The van der Waals surface area contributed by atoms with E-state index in [2.05, 4.69) is 27.4 Å². The van der Waals surface area contributed by atoms with Crippen LogP contribution in [0, 0.1) is 29.0 Å². The molecule has 5 N–H and O–H groups in total. The first-order valence-electron chi connectivity index (χ1n) is 10.9. The Kier molecular flexibility index (Phi) is 6.78. The van der Waals surface area contributed by atoms with E-state index in [-0.39, 0.29) is 46.9 Å². The SMILES string of the molecule is CC#CC(=O)N1CC[C@@H](C(=N)c2c(Nc3ccc(Oc4ccccc4F)cc3)c(N)n[nH]c2=O)C1. The molecule has 35 heavy (non-hydrogen) atoms. The molecule has 0 unspecified atom stereocenters. The van der Waals surface area contributed by atoms with Gasteiger partial charge in [0.1, 0.15) is 5.75 Å². The number of aromatic amines is 1. The number of aromatic nitrogens is 2. The van der Waals surface area contributed by atoms with Gasteiger partial charge in [-0.15, -0.1) is 0 Å². The number of H-pyrrole nitrogens is 1. The van der Waals surface area contributed by atoms with Gasteiger partial charge in [0.15, 0.2) is 17.4 Å². The molecule has 0 aliphatic carbocycles. The van der Waals surface area contributed by atoms with Gasteiger partial charge in [-0.05, 0) is 55.7 Å². The average Bonchev–Trinajstić information content (AvgIpc) is 3.35. The molecule has 0 bridgehead atoms. The molecule has 1 fully saturated rings. The van der Waals surface area contributed by atoms with E-state index in [0.717, 1.165) is 0 Å². The largest absolute Gasteiger partial charge is 0.454 e. The van der Waals surface area contributed by atoms with Crippen molar-refractivity contribution < 1.29 is 13.9 Å². The summed E-state index contributed by atoms with van der Waals surface area (Å²) in [5, 5.41) is 17.9. The van der Waals surface area contributed by atoms with Crippen LogP contribution in [0.5, 0.6) is 11.5 Å². The van der Waals surface area contributed by atoms with Crippen molar-refractivity contribution in [2.24, 2.45) is 5.92 Å². The molecule has 178 valence electrons. The van der Waals surface area contributed by atoms with Crippen molar-refractivity contribution in [1.82, 2.24) is 15.1 Å². The van der Waals surface area contributed by atoms with Crippen LogP contribution >= 0.6 is 0 Å². The fourth-order valence-electron chi connectivity index (χ4n) is 3.82. The lowest BCUT2D eigenvalue weighted by Crippen LogP contribution is -2.31. The zero-order valence-electron chi connectivity index (χ0n) is 18.9. The molecule has 9 nitrogen and oxygen atoms in total. The van der Waals surface area contributed by atoms with E-state index in [1.165, 1.54) is 12.1 Å². The van der Waals surface area contributed by atoms with Crippen LogP contribution in [0.4, 0.5) is 21.6 Å². The quantitative estimate of drug-likeness (QED) is 0.320. The van der Waals surface area contributed by atoms with E-state index >= 15 is 0 Å². The van der Waals surface area contributed by atoms with Crippen LogP contribution in [-0.4, -0.2) is 39.8 Å². The Labute approximate surface area is 200 Å². The summed E-state index contributed by atoms with van der Waals surface area (Å²) < 4.78 is 19.4. The number of para-hydroxylation sites is 1. The monoisotopic (exact) mass is 474 g/mol. The van der Waals surface area contributed by atoms with Crippen LogP contribution in [0.1, 0.15) is 18.9 Å². The molecule has 1 aromatic heterocycles. The number of ether oxygens (including phenoxy) is 1. The van der Waals surface area contributed by atoms with E-state index in [1.54, 1.807) is 48.2 Å². The van der Waals surface area contributed by atoms with Crippen molar-refractivity contribution >= 4 is 28.8 Å². The molecule has 0 spiro atoms. The molecule has 3 aromatic rings. The number of hydrogen-bond acceptors (Lipinski definition) is 7. The minimum absolute atomic E-state index is 0.0128. The van der Waals surface area contributed by atoms with Gasteiger partial charge in [-0.1, -0.05) is 18.1 Å². The zero-order valence-corrected chi connectivity index (χ0v) is 18.9. The second-order valence-electron chi connectivity index (χ2n) is 7.90. The maximum Gasteiger partial charge on any atom is 0.298 e. The number of nitrogens with one attached hydrogen (secondary N) is 3. The molecule has 1 aliphatic rings. The number of nitrogens with zero attached hydrogens (tertiary/aromatic N) is 2. The Morgan fingerprint density at radius 2 is 2.03 bits per heavy atom. The summed E-state index contributed by atoms with van der Waals surface area (Å²) in [7, 11) is 0. The predicted molar refractivity (Wildman–Crippen MR) is 130 cm³/mol. The summed E-state index contributed by atoms with van der Waals surface area (Å²) >= 11 is 0. The standard InChI is InChI=1S/C25H23FN6O3/c1-2-5-20(33)32-13-12-15(14-32)22(27)21-23(24(28)30-31-25(21)34)29-16-8-10-17(11-9-16)35-19-7-4-3-6-18(19)26/h3-4,6-11,15,27H,12-14H2,1H3,(H2,28,30)(H2,29,31,34)/t15-/m1/s1. The molecule has 2 aromatic carbocycles. The third-order valence-corrected chi connectivity index (χ3v) is 5.58. The van der Waals surface area contributed by atoms with Crippen molar-refractivity contribution in [3.63, 3.8) is 0 Å². The Balaban J connectivity index is 1.55. The van der Waals surface area contributed by atoms with Gasteiger partial charge in [0, 0.05) is 24.7 Å². The first-order chi connectivity index (χ1) is 16.9. The lowest BCUT2D eigenvalue weighted by Gasteiger charge is -2.18. The van der Waals surface area contributed by atoms with E-state index < -0.39 is 11.4 Å². The fourth-order valence-corrected chi connectivity index (χ4v) is 3.82. The summed E-state index contributed by atoms with van der Waals surface area (Å²) in [5.74, 6) is 4.47. The molecule has 4 rings (SSSR count). The minimum Gasteiger partial charge on any atom is -0.454 e. The van der Waals surface area contributed by atoms with Gasteiger partial charge < -0.3 is 26.1 Å². The van der Waals surface area contributed by atoms with Crippen molar-refractivity contribution in [3.05, 3.63) is 70.3 Å². The number of hydrogen-bond donors (Lipinski definition) is 4. The maximum absolute atomic E-state index is 13.8. The van der Waals surface area contributed by atoms with Gasteiger partial charge in [0.25, 0.3) is 11.5 Å². The third kappa shape index (κ3) is 5.14. The van der Waals surface area contributed by atoms with E-state index in [4.69, 9.17) is 15.9 Å². The number of halogens is 1. The highest BCUT2D eigenvalue weighted by Crippen LogP contribution is 2.30. The molecule has 1 saturated heterocycles. The predicted octanol–water partition coefficient (Wildman–Crippen LogP) is 3.27. The number of nitrogens with two attached hydrogens (primary N) is 1. The van der Waals surface area contributed by atoms with E-state index in [0.29, 0.717) is 24.4 Å². The Morgan fingerprint density at radius 1 is 1.29 bits per heavy atom. The van der Waals surface area contributed by atoms with Gasteiger partial charge >= 0.3 is 0 Å². The number of amides is 1. The highest BCUT2D eigenvalue weighted by atomic mass is 19.1. The van der Waals surface area contributed by atoms with E-state index in [1.807, 2.05) is 0 Å². The number of carbonyl (C=O) groups excluding carboxylic acids is 1. The van der Waals surface area contributed by atoms with Crippen LogP contribution in [0.3, 0.4) is 0 Å². The molecule has 10 heteroatoms. The van der Waals surface area contributed by atoms with Crippen molar-refractivity contribution in [2.45, 2.75) is 13.3 Å².